The van der Waals surface area contributed by atoms with Crippen LogP contribution in [0, 0.1) is 17.8 Å². The minimum Gasteiger partial charge on any atom is -0.461 e. The minimum absolute atomic E-state index is 0.00773. The number of esters is 1. The third-order valence-electron chi connectivity index (χ3n) is 4.80. The summed E-state index contributed by atoms with van der Waals surface area (Å²) in [7, 11) is 0. The van der Waals surface area contributed by atoms with Crippen molar-refractivity contribution in [2.24, 2.45) is 17.8 Å². The highest BCUT2D eigenvalue weighted by Gasteiger charge is 2.33. The van der Waals surface area contributed by atoms with Crippen LogP contribution in [0.2, 0.25) is 0 Å². The smallest absolute Gasteiger partial charge is 0.320 e. The first-order valence-corrected chi connectivity index (χ1v) is 7.98. The van der Waals surface area contributed by atoms with Crippen LogP contribution >= 0.6 is 0 Å². The fourth-order valence-electron chi connectivity index (χ4n) is 3.58. The van der Waals surface area contributed by atoms with Crippen LogP contribution in [0.4, 0.5) is 0 Å². The highest BCUT2D eigenvalue weighted by Crippen LogP contribution is 2.35. The van der Waals surface area contributed by atoms with Gasteiger partial charge in [0, 0.05) is 0 Å². The molecule has 3 heteroatoms. The van der Waals surface area contributed by atoms with Crippen LogP contribution in [-0.4, -0.2) is 36.6 Å². The van der Waals surface area contributed by atoms with Gasteiger partial charge in [-0.2, -0.15) is 0 Å². The number of rotatable bonds is 4. The highest BCUT2D eigenvalue weighted by molar-refractivity contribution is 5.72. The Morgan fingerprint density at radius 3 is 2.58 bits per heavy atom. The maximum Gasteiger partial charge on any atom is 0.320 e. The van der Waals surface area contributed by atoms with Crippen LogP contribution in [0.25, 0.3) is 0 Å². The first-order chi connectivity index (χ1) is 9.06. The summed E-state index contributed by atoms with van der Waals surface area (Å²) in [6, 6.07) is 0. The first kappa shape index (κ1) is 14.8. The molecule has 0 radical (unpaired) electrons. The third-order valence-corrected chi connectivity index (χ3v) is 4.80. The molecule has 19 heavy (non-hydrogen) atoms. The Balaban J connectivity index is 1.85. The molecule has 0 unspecified atom stereocenters. The zero-order chi connectivity index (χ0) is 13.8. The number of hydrogen-bond donors (Lipinski definition) is 0. The lowest BCUT2D eigenvalue weighted by Crippen LogP contribution is -2.38. The van der Waals surface area contributed by atoms with E-state index in [1.165, 1.54) is 25.7 Å². The average Bonchev–Trinajstić information content (AvgIpc) is 2.81. The van der Waals surface area contributed by atoms with Crippen molar-refractivity contribution in [2.75, 3.05) is 19.6 Å². The van der Waals surface area contributed by atoms with Gasteiger partial charge >= 0.3 is 5.97 Å². The van der Waals surface area contributed by atoms with Gasteiger partial charge in [-0.1, -0.05) is 27.2 Å². The van der Waals surface area contributed by atoms with Crippen molar-refractivity contribution in [3.05, 3.63) is 0 Å². The van der Waals surface area contributed by atoms with Crippen molar-refractivity contribution in [2.45, 2.75) is 59.0 Å². The molecular weight excluding hydrogens is 238 g/mol. The fraction of sp³-hybridized carbons (Fsp3) is 0.938. The standard InChI is InChI=1S/C16H29NO2/c1-12(2)14-7-6-13(3)10-15(14)19-16(18)11-17-8-4-5-9-17/h12-15H,4-11H2,1-3H3/t13-,14+,15-/m1/s1. The molecule has 3 nitrogen and oxygen atoms in total. The van der Waals surface area contributed by atoms with Crippen molar-refractivity contribution in [3.63, 3.8) is 0 Å². The van der Waals surface area contributed by atoms with Crippen LogP contribution in [0.3, 0.4) is 0 Å². The fourth-order valence-corrected chi connectivity index (χ4v) is 3.58. The number of carbonyl (C=O) groups excluding carboxylic acids is 1. The summed E-state index contributed by atoms with van der Waals surface area (Å²) in [5.41, 5.74) is 0. The van der Waals surface area contributed by atoms with Crippen LogP contribution in [0.1, 0.15) is 52.9 Å². The zero-order valence-electron chi connectivity index (χ0n) is 12.7. The molecular formula is C16H29NO2. The van der Waals surface area contributed by atoms with E-state index in [9.17, 15) is 4.79 Å². The van der Waals surface area contributed by atoms with Crippen molar-refractivity contribution >= 4 is 5.97 Å². The van der Waals surface area contributed by atoms with Gasteiger partial charge in [-0.25, -0.2) is 0 Å². The number of likely N-dealkylation sites (tertiary alicyclic amines) is 1. The molecule has 0 aromatic rings. The van der Waals surface area contributed by atoms with Crippen LogP contribution in [0.15, 0.2) is 0 Å². The molecule has 3 atom stereocenters. The Morgan fingerprint density at radius 2 is 1.95 bits per heavy atom. The van der Waals surface area contributed by atoms with Crippen LogP contribution < -0.4 is 0 Å². The topological polar surface area (TPSA) is 29.5 Å². The molecule has 0 aromatic heterocycles. The first-order valence-electron chi connectivity index (χ1n) is 7.98. The van der Waals surface area contributed by atoms with E-state index < -0.39 is 0 Å². The zero-order valence-corrected chi connectivity index (χ0v) is 12.7. The Labute approximate surface area is 117 Å². The quantitative estimate of drug-likeness (QED) is 0.733. The van der Waals surface area contributed by atoms with E-state index >= 15 is 0 Å². The van der Waals surface area contributed by atoms with Crippen LogP contribution in [0.5, 0.6) is 0 Å². The van der Waals surface area contributed by atoms with Crippen molar-refractivity contribution in [1.82, 2.24) is 4.90 Å². The van der Waals surface area contributed by atoms with Gasteiger partial charge in [-0.15, -0.1) is 0 Å². The van der Waals surface area contributed by atoms with Gasteiger partial charge in [0.15, 0.2) is 0 Å². The van der Waals surface area contributed by atoms with Gasteiger partial charge in [0.05, 0.1) is 6.54 Å². The molecule has 0 bridgehead atoms. The normalized spacial score (nSPS) is 32.7. The number of hydrogen-bond acceptors (Lipinski definition) is 3. The lowest BCUT2D eigenvalue weighted by atomic mass is 9.75. The maximum atomic E-state index is 12.1. The molecule has 2 aliphatic rings. The van der Waals surface area contributed by atoms with E-state index in [0.29, 0.717) is 24.3 Å². The second kappa shape index (κ2) is 6.74. The van der Waals surface area contributed by atoms with Gasteiger partial charge in [0.1, 0.15) is 6.10 Å². The number of nitrogens with zero attached hydrogens (tertiary/aromatic N) is 1. The average molecular weight is 267 g/mol. The second-order valence-corrected chi connectivity index (χ2v) is 6.84. The summed E-state index contributed by atoms with van der Waals surface area (Å²) in [5, 5.41) is 0. The van der Waals surface area contributed by atoms with E-state index in [4.69, 9.17) is 4.74 Å². The predicted molar refractivity (Wildman–Crippen MR) is 76.9 cm³/mol. The maximum absolute atomic E-state index is 12.1. The van der Waals surface area contributed by atoms with Gasteiger partial charge in [-0.05, 0) is 56.5 Å². The summed E-state index contributed by atoms with van der Waals surface area (Å²) in [6.07, 6.45) is 6.14. The summed E-state index contributed by atoms with van der Waals surface area (Å²) in [5.74, 6) is 1.85. The van der Waals surface area contributed by atoms with Gasteiger partial charge in [0.25, 0.3) is 0 Å². The number of ether oxygens (including phenoxy) is 1. The molecule has 0 spiro atoms. The van der Waals surface area contributed by atoms with Crippen molar-refractivity contribution < 1.29 is 9.53 Å². The molecule has 0 aromatic carbocycles. The summed E-state index contributed by atoms with van der Waals surface area (Å²) in [6.45, 7) is 9.39. The minimum atomic E-state index is -0.00773. The van der Waals surface area contributed by atoms with Crippen molar-refractivity contribution in [3.8, 4) is 0 Å². The van der Waals surface area contributed by atoms with Crippen molar-refractivity contribution in [1.29, 1.82) is 0 Å². The van der Waals surface area contributed by atoms with Crippen LogP contribution in [-0.2, 0) is 9.53 Å². The third kappa shape index (κ3) is 4.20. The molecule has 1 aliphatic carbocycles. The molecule has 1 aliphatic heterocycles. The van der Waals surface area contributed by atoms with Gasteiger partial charge in [0.2, 0.25) is 0 Å². The van der Waals surface area contributed by atoms with E-state index in [2.05, 4.69) is 25.7 Å². The Hall–Kier alpha value is -0.570. The number of carbonyl (C=O) groups is 1. The Kier molecular flexibility index (Phi) is 5.26. The molecule has 2 fully saturated rings. The van der Waals surface area contributed by atoms with E-state index in [1.807, 2.05) is 0 Å². The predicted octanol–water partition coefficient (Wildman–Crippen LogP) is 3.09. The monoisotopic (exact) mass is 267 g/mol. The lowest BCUT2D eigenvalue weighted by molar-refractivity contribution is -0.156. The molecule has 110 valence electrons. The lowest BCUT2D eigenvalue weighted by Gasteiger charge is -2.36. The van der Waals surface area contributed by atoms with E-state index in [0.717, 1.165) is 19.5 Å². The summed E-state index contributed by atoms with van der Waals surface area (Å²) < 4.78 is 5.82. The molecule has 2 rings (SSSR count). The largest absolute Gasteiger partial charge is 0.461 e. The SMILES string of the molecule is CC(C)[C@@H]1CC[C@@H](C)C[C@H]1OC(=O)CN1CCCC1. The molecule has 1 saturated heterocycles. The van der Waals surface area contributed by atoms with E-state index in [-0.39, 0.29) is 12.1 Å². The van der Waals surface area contributed by atoms with Gasteiger partial charge in [-0.3, -0.25) is 9.69 Å². The summed E-state index contributed by atoms with van der Waals surface area (Å²) >= 11 is 0. The molecule has 1 saturated carbocycles. The summed E-state index contributed by atoms with van der Waals surface area (Å²) in [4.78, 5) is 14.3. The van der Waals surface area contributed by atoms with Gasteiger partial charge < -0.3 is 4.74 Å². The molecule has 1 heterocycles. The molecule has 0 N–H and O–H groups in total. The molecule has 0 amide bonds. The Morgan fingerprint density at radius 1 is 1.26 bits per heavy atom. The Bertz CT molecular complexity index is 297. The second-order valence-electron chi connectivity index (χ2n) is 6.84. The van der Waals surface area contributed by atoms with E-state index in [1.54, 1.807) is 0 Å². The highest BCUT2D eigenvalue weighted by atomic mass is 16.5.